The molecule has 0 radical (unpaired) electrons. The van der Waals surface area contributed by atoms with Gasteiger partial charge in [0.1, 0.15) is 17.4 Å². The third-order valence-corrected chi connectivity index (χ3v) is 5.51. The van der Waals surface area contributed by atoms with Crippen LogP contribution < -0.4 is 10.1 Å². The molecule has 2 aromatic rings. The van der Waals surface area contributed by atoms with Gasteiger partial charge in [0.15, 0.2) is 0 Å². The lowest BCUT2D eigenvalue weighted by atomic mass is 10.1. The molecule has 0 bridgehead atoms. The molecule has 1 atom stereocenters. The number of hydrogen-bond donors (Lipinski definition) is 3. The van der Waals surface area contributed by atoms with Gasteiger partial charge in [-0.1, -0.05) is 12.1 Å². The highest BCUT2D eigenvalue weighted by molar-refractivity contribution is 5.73. The Balaban J connectivity index is 0.000000333. The van der Waals surface area contributed by atoms with Crippen LogP contribution in [0.1, 0.15) is 30.3 Å². The van der Waals surface area contributed by atoms with E-state index in [-0.39, 0.29) is 6.04 Å². The van der Waals surface area contributed by atoms with Crippen LogP contribution in [-0.2, 0) is 20.9 Å². The Morgan fingerprint density at radius 2 is 1.62 bits per heavy atom. The number of carbonyl (C=O) groups is 2. The van der Waals surface area contributed by atoms with Crippen molar-refractivity contribution < 1.29 is 55.6 Å². The molecule has 1 aliphatic heterocycles. The largest absolute Gasteiger partial charge is 0.497 e. The summed E-state index contributed by atoms with van der Waals surface area (Å²) in [4.78, 5) is 29.5. The first kappa shape index (κ1) is 32.6. The fourth-order valence-electron chi connectivity index (χ4n) is 3.23. The van der Waals surface area contributed by atoms with Gasteiger partial charge in [-0.3, -0.25) is 4.90 Å². The van der Waals surface area contributed by atoms with E-state index in [1.807, 2.05) is 24.4 Å². The molecule has 2 aliphatic rings. The monoisotopic (exact) mass is 582 g/mol. The van der Waals surface area contributed by atoms with Crippen LogP contribution >= 0.6 is 0 Å². The van der Waals surface area contributed by atoms with E-state index in [2.05, 4.69) is 27.3 Å². The number of alkyl halides is 6. The molecule has 0 amide bonds. The molecule has 1 aromatic carbocycles. The Morgan fingerprint density at radius 3 is 2.12 bits per heavy atom. The van der Waals surface area contributed by atoms with Crippen molar-refractivity contribution in [3.63, 3.8) is 0 Å². The maximum absolute atomic E-state index is 10.6. The predicted octanol–water partition coefficient (Wildman–Crippen LogP) is 4.15. The number of ether oxygens (including phenoxy) is 2. The van der Waals surface area contributed by atoms with E-state index in [0.717, 1.165) is 49.6 Å². The number of benzene rings is 1. The summed E-state index contributed by atoms with van der Waals surface area (Å²) in [5, 5.41) is 17.7. The van der Waals surface area contributed by atoms with Gasteiger partial charge in [0.25, 0.3) is 0 Å². The SMILES string of the molecule is COc1ccc(CN2CCOCC2c2nccc(NCC3CC3)n2)cc1.O=C(O)C(F)(F)F.O=C(O)C(F)(F)F. The van der Waals surface area contributed by atoms with Crippen molar-refractivity contribution in [2.75, 3.05) is 38.7 Å². The van der Waals surface area contributed by atoms with E-state index in [4.69, 9.17) is 34.3 Å². The van der Waals surface area contributed by atoms with Gasteiger partial charge in [-0.25, -0.2) is 19.6 Å². The molecule has 1 saturated carbocycles. The minimum Gasteiger partial charge on any atom is -0.497 e. The Hall–Kier alpha value is -3.66. The van der Waals surface area contributed by atoms with Crippen LogP contribution in [0.25, 0.3) is 0 Å². The number of morpholine rings is 1. The average molecular weight is 582 g/mol. The molecule has 1 saturated heterocycles. The van der Waals surface area contributed by atoms with Crippen LogP contribution in [0.15, 0.2) is 36.5 Å². The van der Waals surface area contributed by atoms with Crippen molar-refractivity contribution in [3.05, 3.63) is 47.9 Å². The highest BCUT2D eigenvalue weighted by Gasteiger charge is 2.39. The second kappa shape index (κ2) is 14.6. The van der Waals surface area contributed by atoms with Gasteiger partial charge in [0.05, 0.1) is 26.4 Å². The molecule has 2 heterocycles. The van der Waals surface area contributed by atoms with Gasteiger partial charge in [-0.05, 0) is 42.5 Å². The highest BCUT2D eigenvalue weighted by atomic mass is 19.4. The zero-order chi connectivity index (χ0) is 29.9. The third kappa shape index (κ3) is 11.6. The van der Waals surface area contributed by atoms with Crippen molar-refractivity contribution in [1.82, 2.24) is 14.9 Å². The normalized spacial score (nSPS) is 17.4. The molecule has 1 unspecified atom stereocenters. The second-order valence-corrected chi connectivity index (χ2v) is 8.64. The van der Waals surface area contributed by atoms with Gasteiger partial charge >= 0.3 is 24.3 Å². The number of carboxylic acid groups (broad SMARTS) is 2. The van der Waals surface area contributed by atoms with Crippen LogP contribution in [-0.4, -0.2) is 82.8 Å². The first-order chi connectivity index (χ1) is 18.7. The summed E-state index contributed by atoms with van der Waals surface area (Å²) in [5.74, 6) is -2.07. The standard InChI is InChI=1S/C20H26N4O2.2C2HF3O2/c1-25-17-6-4-16(5-7-17)13-24-10-11-26-14-18(24)20-21-9-8-19(23-20)22-12-15-2-3-15;2*3-2(4,5)1(6)7/h4-9,15,18H,2-3,10-14H2,1H3,(H,21,22,23);2*(H,6,7). The molecule has 2 fully saturated rings. The summed E-state index contributed by atoms with van der Waals surface area (Å²) < 4.78 is 74.4. The van der Waals surface area contributed by atoms with Gasteiger partial charge < -0.3 is 25.0 Å². The summed E-state index contributed by atoms with van der Waals surface area (Å²) in [7, 11) is 1.69. The molecule has 222 valence electrons. The Bertz CT molecular complexity index is 1070. The molecule has 0 spiro atoms. The molecule has 10 nitrogen and oxygen atoms in total. The Morgan fingerprint density at radius 1 is 1.05 bits per heavy atom. The summed E-state index contributed by atoms with van der Waals surface area (Å²) in [6.07, 6.45) is -5.66. The fraction of sp³-hybridized carbons (Fsp3) is 0.500. The molecule has 40 heavy (non-hydrogen) atoms. The maximum Gasteiger partial charge on any atom is 0.490 e. The van der Waals surface area contributed by atoms with Crippen molar-refractivity contribution >= 4 is 17.8 Å². The number of hydrogen-bond acceptors (Lipinski definition) is 8. The van der Waals surface area contributed by atoms with E-state index >= 15 is 0 Å². The van der Waals surface area contributed by atoms with Crippen LogP contribution in [0.3, 0.4) is 0 Å². The number of aromatic nitrogens is 2. The lowest BCUT2D eigenvalue weighted by Crippen LogP contribution is -2.39. The van der Waals surface area contributed by atoms with Crippen molar-refractivity contribution in [3.8, 4) is 5.75 Å². The summed E-state index contributed by atoms with van der Waals surface area (Å²) in [6, 6.07) is 10.3. The molecule has 3 N–H and O–H groups in total. The minimum atomic E-state index is -5.08. The minimum absolute atomic E-state index is 0.0773. The van der Waals surface area contributed by atoms with Gasteiger partial charge in [0.2, 0.25) is 0 Å². The van der Waals surface area contributed by atoms with E-state index in [1.54, 1.807) is 7.11 Å². The molecule has 4 rings (SSSR count). The molecule has 1 aliphatic carbocycles. The van der Waals surface area contributed by atoms with Gasteiger partial charge in [0, 0.05) is 25.8 Å². The smallest absolute Gasteiger partial charge is 0.490 e. The van der Waals surface area contributed by atoms with Gasteiger partial charge in [-0.15, -0.1) is 0 Å². The lowest BCUT2D eigenvalue weighted by Gasteiger charge is -2.34. The molecule has 1 aromatic heterocycles. The number of rotatable bonds is 7. The van der Waals surface area contributed by atoms with Crippen LogP contribution in [0, 0.1) is 5.92 Å². The zero-order valence-corrected chi connectivity index (χ0v) is 21.2. The first-order valence-corrected chi connectivity index (χ1v) is 11.8. The van der Waals surface area contributed by atoms with Crippen molar-refractivity contribution in [2.24, 2.45) is 5.92 Å². The fourth-order valence-corrected chi connectivity index (χ4v) is 3.23. The van der Waals surface area contributed by atoms with Crippen LogP contribution in [0.4, 0.5) is 32.2 Å². The molecular weight excluding hydrogens is 554 g/mol. The van der Waals surface area contributed by atoms with Crippen LogP contribution in [0.5, 0.6) is 5.75 Å². The van der Waals surface area contributed by atoms with Crippen LogP contribution in [0.2, 0.25) is 0 Å². The lowest BCUT2D eigenvalue weighted by molar-refractivity contribution is -0.193. The Labute approximate surface area is 224 Å². The summed E-state index contributed by atoms with van der Waals surface area (Å²) in [5.41, 5.74) is 1.25. The number of anilines is 1. The maximum atomic E-state index is 10.6. The van der Waals surface area contributed by atoms with E-state index < -0.39 is 24.3 Å². The number of carboxylic acids is 2. The van der Waals surface area contributed by atoms with E-state index in [0.29, 0.717) is 6.61 Å². The number of methoxy groups -OCH3 is 1. The third-order valence-electron chi connectivity index (χ3n) is 5.51. The zero-order valence-electron chi connectivity index (χ0n) is 21.2. The number of nitrogens with zero attached hydrogens (tertiary/aromatic N) is 3. The van der Waals surface area contributed by atoms with E-state index in [1.165, 1.54) is 18.4 Å². The number of halogens is 6. The van der Waals surface area contributed by atoms with Crippen molar-refractivity contribution in [2.45, 2.75) is 37.8 Å². The highest BCUT2D eigenvalue weighted by Crippen LogP contribution is 2.29. The van der Waals surface area contributed by atoms with Gasteiger partial charge in [-0.2, -0.15) is 26.3 Å². The second-order valence-electron chi connectivity index (χ2n) is 8.64. The molecule has 16 heteroatoms. The topological polar surface area (TPSA) is 134 Å². The van der Waals surface area contributed by atoms with E-state index in [9.17, 15) is 26.3 Å². The summed E-state index contributed by atoms with van der Waals surface area (Å²) in [6.45, 7) is 4.10. The first-order valence-electron chi connectivity index (χ1n) is 11.8. The quantitative estimate of drug-likeness (QED) is 0.409. The summed E-state index contributed by atoms with van der Waals surface area (Å²) >= 11 is 0. The van der Waals surface area contributed by atoms with Crippen molar-refractivity contribution in [1.29, 1.82) is 0 Å². The number of nitrogens with one attached hydrogen (secondary N) is 1. The Kier molecular flexibility index (Phi) is 11.9. The molecular formula is C24H28F6N4O6. The number of aliphatic carboxylic acids is 2. The predicted molar refractivity (Wildman–Crippen MR) is 128 cm³/mol. The average Bonchev–Trinajstić information content (AvgIpc) is 3.73.